The maximum Gasteiger partial charge on any atom is 0.0363 e. The van der Waals surface area contributed by atoms with Gasteiger partial charge in [-0.2, -0.15) is 0 Å². The highest BCUT2D eigenvalue weighted by Crippen LogP contribution is 2.38. The number of rotatable bonds is 7. The Morgan fingerprint density at radius 3 is 2.00 bits per heavy atom. The van der Waals surface area contributed by atoms with Crippen molar-refractivity contribution >= 4 is 0 Å². The Kier molecular flexibility index (Phi) is 5.83. The lowest BCUT2D eigenvalue weighted by Crippen LogP contribution is -2.59. The third kappa shape index (κ3) is 3.49. The van der Waals surface area contributed by atoms with Crippen LogP contribution >= 0.6 is 0 Å². The molecule has 2 nitrogen and oxygen atoms in total. The summed E-state index contributed by atoms with van der Waals surface area (Å²) in [5.74, 6) is 0. The summed E-state index contributed by atoms with van der Waals surface area (Å²) < 4.78 is 0. The van der Waals surface area contributed by atoms with Crippen molar-refractivity contribution in [3.63, 3.8) is 0 Å². The summed E-state index contributed by atoms with van der Waals surface area (Å²) in [5.41, 5.74) is 9.75. The molecule has 1 saturated carbocycles. The molecule has 0 aliphatic heterocycles. The molecule has 0 aromatic heterocycles. The van der Waals surface area contributed by atoms with E-state index in [0.717, 1.165) is 25.9 Å². The van der Waals surface area contributed by atoms with E-state index in [4.69, 9.17) is 5.73 Å². The van der Waals surface area contributed by atoms with Gasteiger partial charge in [0.25, 0.3) is 0 Å². The fourth-order valence-electron chi connectivity index (χ4n) is 4.12. The first kappa shape index (κ1) is 16.5. The summed E-state index contributed by atoms with van der Waals surface area (Å²) in [6, 6.07) is 9.28. The van der Waals surface area contributed by atoms with Crippen LogP contribution in [0.3, 0.4) is 0 Å². The van der Waals surface area contributed by atoms with E-state index in [-0.39, 0.29) is 11.6 Å². The molecule has 0 saturated heterocycles. The fraction of sp³-hybridized carbons (Fsp3) is 0.684. The standard InChI is InChI=1S/C19H32N2/c1-4-16-9-11-17(12-10-16)15-18(20)19(13-7-8-14-19)21(5-2)6-3/h9-12,18H,4-8,13-15,20H2,1-3H3. The monoisotopic (exact) mass is 288 g/mol. The van der Waals surface area contributed by atoms with Gasteiger partial charge in [0.2, 0.25) is 0 Å². The lowest BCUT2D eigenvalue weighted by atomic mass is 9.83. The van der Waals surface area contributed by atoms with Crippen molar-refractivity contribution < 1.29 is 0 Å². The van der Waals surface area contributed by atoms with E-state index in [9.17, 15) is 0 Å². The summed E-state index contributed by atoms with van der Waals surface area (Å²) in [5, 5.41) is 0. The molecule has 1 unspecified atom stereocenters. The summed E-state index contributed by atoms with van der Waals surface area (Å²) in [4.78, 5) is 2.62. The second kappa shape index (κ2) is 7.42. The molecule has 1 aromatic rings. The molecule has 0 radical (unpaired) electrons. The van der Waals surface area contributed by atoms with Gasteiger partial charge in [0.1, 0.15) is 0 Å². The number of hydrogen-bond acceptors (Lipinski definition) is 2. The Morgan fingerprint density at radius 2 is 1.52 bits per heavy atom. The van der Waals surface area contributed by atoms with Crippen LogP contribution in [0.2, 0.25) is 0 Å². The van der Waals surface area contributed by atoms with E-state index in [1.54, 1.807) is 0 Å². The fourth-order valence-corrected chi connectivity index (χ4v) is 4.12. The lowest BCUT2D eigenvalue weighted by Gasteiger charge is -2.45. The largest absolute Gasteiger partial charge is 0.326 e. The highest BCUT2D eigenvalue weighted by Gasteiger charge is 2.43. The van der Waals surface area contributed by atoms with Crippen molar-refractivity contribution in [2.75, 3.05) is 13.1 Å². The van der Waals surface area contributed by atoms with Crippen LogP contribution in [0.25, 0.3) is 0 Å². The van der Waals surface area contributed by atoms with Gasteiger partial charge in [0.05, 0.1) is 0 Å². The molecule has 0 bridgehead atoms. The Morgan fingerprint density at radius 1 is 1.00 bits per heavy atom. The van der Waals surface area contributed by atoms with E-state index >= 15 is 0 Å². The third-order valence-corrected chi connectivity index (χ3v) is 5.44. The predicted molar refractivity (Wildman–Crippen MR) is 91.6 cm³/mol. The van der Waals surface area contributed by atoms with Crippen molar-refractivity contribution in [3.8, 4) is 0 Å². The molecule has 1 aliphatic rings. The van der Waals surface area contributed by atoms with Crippen LogP contribution in [-0.2, 0) is 12.8 Å². The van der Waals surface area contributed by atoms with Crippen LogP contribution in [-0.4, -0.2) is 29.6 Å². The summed E-state index contributed by atoms with van der Waals surface area (Å²) in [6.07, 6.45) is 7.31. The van der Waals surface area contributed by atoms with Crippen molar-refractivity contribution in [3.05, 3.63) is 35.4 Å². The van der Waals surface area contributed by atoms with Crippen molar-refractivity contribution in [2.45, 2.75) is 70.9 Å². The van der Waals surface area contributed by atoms with E-state index in [2.05, 4.69) is 49.9 Å². The number of aryl methyl sites for hydroxylation is 1. The minimum absolute atomic E-state index is 0.229. The minimum atomic E-state index is 0.229. The van der Waals surface area contributed by atoms with Crippen LogP contribution < -0.4 is 5.73 Å². The molecule has 1 fully saturated rings. The Bertz CT molecular complexity index is 414. The molecule has 2 N–H and O–H groups in total. The Labute approximate surface area is 130 Å². The van der Waals surface area contributed by atoms with Crippen LogP contribution in [0.5, 0.6) is 0 Å². The van der Waals surface area contributed by atoms with Crippen molar-refractivity contribution in [1.29, 1.82) is 0 Å². The first-order valence-electron chi connectivity index (χ1n) is 8.74. The second-order valence-electron chi connectivity index (χ2n) is 6.46. The Hall–Kier alpha value is -0.860. The van der Waals surface area contributed by atoms with Gasteiger partial charge in [0.15, 0.2) is 0 Å². The molecule has 0 amide bonds. The number of nitrogens with zero attached hydrogens (tertiary/aromatic N) is 1. The molecule has 0 heterocycles. The number of hydrogen-bond donors (Lipinski definition) is 1. The summed E-state index contributed by atoms with van der Waals surface area (Å²) in [6.45, 7) is 8.96. The zero-order chi connectivity index (χ0) is 15.3. The highest BCUT2D eigenvalue weighted by atomic mass is 15.2. The van der Waals surface area contributed by atoms with Crippen LogP contribution in [0.15, 0.2) is 24.3 Å². The zero-order valence-electron chi connectivity index (χ0n) is 14.1. The van der Waals surface area contributed by atoms with E-state index < -0.39 is 0 Å². The van der Waals surface area contributed by atoms with Crippen LogP contribution in [0.4, 0.5) is 0 Å². The summed E-state index contributed by atoms with van der Waals surface area (Å²) in [7, 11) is 0. The van der Waals surface area contributed by atoms with Crippen LogP contribution in [0.1, 0.15) is 57.6 Å². The van der Waals surface area contributed by atoms with Crippen molar-refractivity contribution in [1.82, 2.24) is 4.90 Å². The van der Waals surface area contributed by atoms with E-state index in [0.29, 0.717) is 0 Å². The lowest BCUT2D eigenvalue weighted by molar-refractivity contribution is 0.0772. The SMILES string of the molecule is CCc1ccc(CC(N)C2(N(CC)CC)CCCC2)cc1. The average Bonchev–Trinajstić information content (AvgIpc) is 3.00. The molecular formula is C19H32N2. The van der Waals surface area contributed by atoms with Gasteiger partial charge >= 0.3 is 0 Å². The maximum absolute atomic E-state index is 6.73. The molecule has 1 aromatic carbocycles. The number of nitrogens with two attached hydrogens (primary N) is 1. The molecule has 21 heavy (non-hydrogen) atoms. The van der Waals surface area contributed by atoms with Crippen LogP contribution in [0, 0.1) is 0 Å². The first-order chi connectivity index (χ1) is 10.2. The minimum Gasteiger partial charge on any atom is -0.326 e. The quantitative estimate of drug-likeness (QED) is 0.827. The topological polar surface area (TPSA) is 29.3 Å². The van der Waals surface area contributed by atoms with E-state index in [1.807, 2.05) is 0 Å². The zero-order valence-corrected chi connectivity index (χ0v) is 14.1. The molecular weight excluding hydrogens is 256 g/mol. The molecule has 1 atom stereocenters. The Balaban J connectivity index is 2.12. The highest BCUT2D eigenvalue weighted by molar-refractivity contribution is 5.24. The molecule has 118 valence electrons. The smallest absolute Gasteiger partial charge is 0.0363 e. The second-order valence-corrected chi connectivity index (χ2v) is 6.46. The van der Waals surface area contributed by atoms with E-state index in [1.165, 1.54) is 36.8 Å². The van der Waals surface area contributed by atoms with Gasteiger partial charge in [-0.1, -0.05) is 57.9 Å². The predicted octanol–water partition coefficient (Wildman–Crippen LogP) is 3.77. The molecule has 2 rings (SSSR count). The van der Waals surface area contributed by atoms with Crippen molar-refractivity contribution in [2.24, 2.45) is 5.73 Å². The van der Waals surface area contributed by atoms with Gasteiger partial charge < -0.3 is 5.73 Å². The maximum atomic E-state index is 6.73. The van der Waals surface area contributed by atoms with Gasteiger partial charge in [-0.15, -0.1) is 0 Å². The normalized spacial score (nSPS) is 19.1. The average molecular weight is 288 g/mol. The van der Waals surface area contributed by atoms with Gasteiger partial charge in [-0.25, -0.2) is 0 Å². The van der Waals surface area contributed by atoms with Gasteiger partial charge in [0, 0.05) is 11.6 Å². The van der Waals surface area contributed by atoms with Gasteiger partial charge in [-0.3, -0.25) is 4.90 Å². The molecule has 2 heteroatoms. The third-order valence-electron chi connectivity index (χ3n) is 5.44. The number of likely N-dealkylation sites (N-methyl/N-ethyl adjacent to an activating group) is 1. The molecule has 1 aliphatic carbocycles. The van der Waals surface area contributed by atoms with Gasteiger partial charge in [-0.05, 0) is 49.9 Å². The molecule has 0 spiro atoms. The number of benzene rings is 1. The summed E-state index contributed by atoms with van der Waals surface area (Å²) >= 11 is 0. The first-order valence-corrected chi connectivity index (χ1v) is 8.74.